The summed E-state index contributed by atoms with van der Waals surface area (Å²) in [5.41, 5.74) is 2.04. The van der Waals surface area contributed by atoms with E-state index in [1.54, 1.807) is 0 Å². The van der Waals surface area contributed by atoms with Crippen LogP contribution in [0.3, 0.4) is 0 Å². The van der Waals surface area contributed by atoms with E-state index in [0.29, 0.717) is 5.84 Å². The van der Waals surface area contributed by atoms with E-state index < -0.39 is 6.27 Å². The summed E-state index contributed by atoms with van der Waals surface area (Å²) in [6.45, 7) is 2.01. The fourth-order valence-electron chi connectivity index (χ4n) is 1.24. The lowest BCUT2D eigenvalue weighted by Crippen LogP contribution is -2.29. The standard InChI is InChI=1S/C9H8Cl3N3P/c1-6-2-4-7(5-3-6)8-13-9(10)15-16(11,12)14-8/h2-5H,1H3,(H,13,14,15)/q+1. The maximum Gasteiger partial charge on any atom is 0.448 e. The summed E-state index contributed by atoms with van der Waals surface area (Å²) in [7, 11) is 0. The maximum absolute atomic E-state index is 5.92. The molecule has 1 aromatic rings. The molecule has 1 aliphatic heterocycles. The van der Waals surface area contributed by atoms with Crippen molar-refractivity contribution in [2.45, 2.75) is 6.92 Å². The van der Waals surface area contributed by atoms with Crippen molar-refractivity contribution in [3.63, 3.8) is 0 Å². The van der Waals surface area contributed by atoms with Gasteiger partial charge in [-0.2, -0.15) is 0 Å². The van der Waals surface area contributed by atoms with Gasteiger partial charge in [0.05, 0.1) is 0 Å². The van der Waals surface area contributed by atoms with Crippen LogP contribution < -0.4 is 5.32 Å². The van der Waals surface area contributed by atoms with Gasteiger partial charge in [0.25, 0.3) is 0 Å². The van der Waals surface area contributed by atoms with Crippen LogP contribution in [-0.2, 0) is 0 Å². The molecule has 1 aromatic carbocycles. The molecule has 3 nitrogen and oxygen atoms in total. The van der Waals surface area contributed by atoms with E-state index in [-0.39, 0.29) is 5.29 Å². The summed E-state index contributed by atoms with van der Waals surface area (Å²) in [4.78, 5) is 0. The molecule has 84 valence electrons. The van der Waals surface area contributed by atoms with Gasteiger partial charge in [-0.25, -0.2) is 0 Å². The zero-order valence-electron chi connectivity index (χ0n) is 8.28. The van der Waals surface area contributed by atoms with Gasteiger partial charge in [-0.15, -0.1) is 0 Å². The Morgan fingerprint density at radius 3 is 2.31 bits per heavy atom. The summed E-state index contributed by atoms with van der Waals surface area (Å²) in [6, 6.07) is 7.79. The smallest absolute Gasteiger partial charge is 0.309 e. The van der Waals surface area contributed by atoms with Gasteiger partial charge in [0.15, 0.2) is 28.3 Å². The molecule has 0 saturated heterocycles. The molecule has 1 N–H and O–H groups in total. The highest BCUT2D eigenvalue weighted by Gasteiger charge is 2.40. The predicted octanol–water partition coefficient (Wildman–Crippen LogP) is 4.09. The van der Waals surface area contributed by atoms with Crippen molar-refractivity contribution in [1.29, 1.82) is 0 Å². The zero-order valence-corrected chi connectivity index (χ0v) is 11.4. The summed E-state index contributed by atoms with van der Waals surface area (Å²) < 4.78 is 7.97. The Bertz CT molecular complexity index is 467. The molecule has 2 rings (SSSR count). The molecule has 0 aliphatic carbocycles. The number of amidine groups is 2. The van der Waals surface area contributed by atoms with Crippen LogP contribution in [0.15, 0.2) is 33.8 Å². The summed E-state index contributed by atoms with van der Waals surface area (Å²) in [5.74, 6) is 0.554. The second-order valence-corrected chi connectivity index (χ2v) is 8.30. The van der Waals surface area contributed by atoms with Crippen molar-refractivity contribution in [3.8, 4) is 0 Å². The molecule has 0 unspecified atom stereocenters. The van der Waals surface area contributed by atoms with Gasteiger partial charge in [-0.3, -0.25) is 0 Å². The van der Waals surface area contributed by atoms with Crippen molar-refractivity contribution in [3.05, 3.63) is 35.4 Å². The van der Waals surface area contributed by atoms with Gasteiger partial charge in [-0.05, 0) is 28.1 Å². The normalized spacial score (nSPS) is 18.5. The minimum absolute atomic E-state index is 0.170. The molecule has 16 heavy (non-hydrogen) atoms. The largest absolute Gasteiger partial charge is 0.448 e. The Morgan fingerprint density at radius 2 is 1.75 bits per heavy atom. The topological polar surface area (TPSA) is 36.8 Å². The number of nitrogens with zero attached hydrogens (tertiary/aromatic N) is 2. The van der Waals surface area contributed by atoms with Gasteiger partial charge in [0.2, 0.25) is 5.29 Å². The molecule has 0 amide bonds. The first kappa shape index (κ1) is 12.1. The van der Waals surface area contributed by atoms with Crippen LogP contribution in [0.4, 0.5) is 0 Å². The van der Waals surface area contributed by atoms with E-state index in [0.717, 1.165) is 11.1 Å². The molecule has 1 aliphatic rings. The zero-order chi connectivity index (χ0) is 11.8. The van der Waals surface area contributed by atoms with Crippen molar-refractivity contribution < 1.29 is 0 Å². The molecule has 7 heteroatoms. The van der Waals surface area contributed by atoms with Crippen LogP contribution in [0, 0.1) is 6.92 Å². The first-order valence-electron chi connectivity index (χ1n) is 4.45. The van der Waals surface area contributed by atoms with Gasteiger partial charge in [-0.1, -0.05) is 29.8 Å². The number of hydrogen-bond acceptors (Lipinski definition) is 3. The highest BCUT2D eigenvalue weighted by atomic mass is 35.9. The van der Waals surface area contributed by atoms with Crippen molar-refractivity contribution in [2.24, 2.45) is 9.53 Å². The second-order valence-electron chi connectivity index (χ2n) is 3.29. The Kier molecular flexibility index (Phi) is 3.41. The third kappa shape index (κ3) is 2.86. The lowest BCUT2D eigenvalue weighted by atomic mass is 10.1. The summed E-state index contributed by atoms with van der Waals surface area (Å²) >= 11 is 17.6. The Hall–Kier alpha value is -0.340. The van der Waals surface area contributed by atoms with E-state index in [1.807, 2.05) is 31.2 Å². The van der Waals surface area contributed by atoms with Crippen LogP contribution in [0.5, 0.6) is 0 Å². The molecule has 0 bridgehead atoms. The Balaban J connectivity index is 2.36. The number of rotatable bonds is 1. The molecule has 0 atom stereocenters. The quantitative estimate of drug-likeness (QED) is 0.615. The van der Waals surface area contributed by atoms with Crippen molar-refractivity contribution >= 4 is 51.5 Å². The van der Waals surface area contributed by atoms with Crippen LogP contribution in [0.1, 0.15) is 11.1 Å². The Labute approximate surface area is 109 Å². The number of aryl methyl sites for hydroxylation is 1. The third-order valence-electron chi connectivity index (χ3n) is 1.97. The van der Waals surface area contributed by atoms with Gasteiger partial charge >= 0.3 is 6.27 Å². The highest BCUT2D eigenvalue weighted by Crippen LogP contribution is 2.73. The average Bonchev–Trinajstić information content (AvgIpc) is 2.15. The molecular formula is C9H8Cl3N3P+. The van der Waals surface area contributed by atoms with Gasteiger partial charge in [0.1, 0.15) is 0 Å². The molecule has 1 heterocycles. The minimum atomic E-state index is -2.70. The van der Waals surface area contributed by atoms with E-state index in [2.05, 4.69) is 14.8 Å². The van der Waals surface area contributed by atoms with Crippen molar-refractivity contribution in [1.82, 2.24) is 5.32 Å². The maximum atomic E-state index is 5.92. The summed E-state index contributed by atoms with van der Waals surface area (Å²) in [5, 5.41) is 3.00. The third-order valence-corrected chi connectivity index (χ3v) is 4.06. The van der Waals surface area contributed by atoms with E-state index in [4.69, 9.17) is 34.1 Å². The molecular weight excluding hydrogens is 287 g/mol. The number of nitrogens with one attached hydrogen (secondary N) is 1. The van der Waals surface area contributed by atoms with Gasteiger partial charge in [0, 0.05) is 5.56 Å². The fraction of sp³-hybridized carbons (Fsp3) is 0.111. The lowest BCUT2D eigenvalue weighted by molar-refractivity contribution is 1.34. The number of benzene rings is 1. The van der Waals surface area contributed by atoms with E-state index in [9.17, 15) is 0 Å². The van der Waals surface area contributed by atoms with E-state index in [1.165, 1.54) is 0 Å². The highest BCUT2D eigenvalue weighted by molar-refractivity contribution is 8.15. The number of halogens is 3. The lowest BCUT2D eigenvalue weighted by Gasteiger charge is -2.11. The molecule has 0 fully saturated rings. The predicted molar refractivity (Wildman–Crippen MR) is 72.8 cm³/mol. The number of hydrogen-bond donors (Lipinski definition) is 1. The Morgan fingerprint density at radius 1 is 1.12 bits per heavy atom. The second kappa shape index (κ2) is 4.50. The van der Waals surface area contributed by atoms with Crippen LogP contribution in [0.2, 0.25) is 0 Å². The van der Waals surface area contributed by atoms with Crippen LogP contribution in [0.25, 0.3) is 0 Å². The fourth-order valence-corrected chi connectivity index (χ4v) is 3.51. The van der Waals surface area contributed by atoms with E-state index >= 15 is 0 Å². The minimum Gasteiger partial charge on any atom is -0.309 e. The molecule has 0 aromatic heterocycles. The molecule has 0 spiro atoms. The average molecular weight is 296 g/mol. The SMILES string of the molecule is Cc1ccc(C2=N[P+](Cl)(Cl)N=C(Cl)N2)cc1. The summed E-state index contributed by atoms with van der Waals surface area (Å²) in [6.07, 6.45) is -2.70. The molecule has 0 radical (unpaired) electrons. The van der Waals surface area contributed by atoms with Crippen LogP contribution in [-0.4, -0.2) is 11.1 Å². The van der Waals surface area contributed by atoms with Crippen molar-refractivity contribution in [2.75, 3.05) is 0 Å². The first-order chi connectivity index (χ1) is 7.46. The van der Waals surface area contributed by atoms with Gasteiger partial charge < -0.3 is 5.32 Å². The molecule has 0 saturated carbocycles. The van der Waals surface area contributed by atoms with Crippen LogP contribution >= 0.6 is 40.4 Å². The first-order valence-corrected chi connectivity index (χ1v) is 8.33. The monoisotopic (exact) mass is 294 g/mol.